The highest BCUT2D eigenvalue weighted by Crippen LogP contribution is 2.25. The zero-order valence-corrected chi connectivity index (χ0v) is 16.7. The van der Waals surface area contributed by atoms with Crippen molar-refractivity contribution < 1.29 is 4.79 Å². The number of hydrogen-bond acceptors (Lipinski definition) is 4. The first-order valence-electron chi connectivity index (χ1n) is 9.70. The van der Waals surface area contributed by atoms with Gasteiger partial charge in [-0.2, -0.15) is 5.10 Å². The van der Waals surface area contributed by atoms with E-state index in [1.165, 1.54) is 11.1 Å². The molecule has 1 atom stereocenters. The van der Waals surface area contributed by atoms with Gasteiger partial charge in [0.25, 0.3) is 0 Å². The monoisotopic (exact) mass is 357 g/mol. The number of carbonyl (C=O) groups excluding carboxylic acids is 1. The summed E-state index contributed by atoms with van der Waals surface area (Å²) >= 11 is 0. The fourth-order valence-electron chi connectivity index (χ4n) is 3.97. The van der Waals surface area contributed by atoms with E-state index in [-0.39, 0.29) is 11.9 Å². The van der Waals surface area contributed by atoms with Crippen molar-refractivity contribution in [3.8, 4) is 0 Å². The molecule has 3 heterocycles. The number of likely N-dealkylation sites (tertiary alicyclic amines) is 1. The molecule has 0 spiro atoms. The van der Waals surface area contributed by atoms with Crippen LogP contribution in [0.4, 0.5) is 0 Å². The van der Waals surface area contributed by atoms with Gasteiger partial charge in [0.2, 0.25) is 5.91 Å². The van der Waals surface area contributed by atoms with Crippen LogP contribution >= 0.6 is 0 Å². The quantitative estimate of drug-likeness (QED) is 0.894. The summed E-state index contributed by atoms with van der Waals surface area (Å²) < 4.78 is 1.97. The molecule has 1 aliphatic heterocycles. The van der Waals surface area contributed by atoms with Crippen molar-refractivity contribution in [1.29, 1.82) is 0 Å². The summed E-state index contributed by atoms with van der Waals surface area (Å²) in [6, 6.07) is 0.710. The molecule has 0 aliphatic carbocycles. The van der Waals surface area contributed by atoms with Crippen molar-refractivity contribution in [2.24, 2.45) is 0 Å². The van der Waals surface area contributed by atoms with E-state index < -0.39 is 0 Å². The second-order valence-electron chi connectivity index (χ2n) is 7.69. The molecule has 0 aromatic carbocycles. The lowest BCUT2D eigenvalue weighted by Gasteiger charge is -2.32. The highest BCUT2D eigenvalue weighted by Gasteiger charge is 2.23. The van der Waals surface area contributed by atoms with Gasteiger partial charge in [0.05, 0.1) is 6.20 Å². The zero-order valence-electron chi connectivity index (χ0n) is 16.7. The molecule has 1 aliphatic rings. The van der Waals surface area contributed by atoms with Crippen molar-refractivity contribution in [3.05, 3.63) is 23.0 Å². The summed E-state index contributed by atoms with van der Waals surface area (Å²) in [5, 5.41) is 8.89. The Balaban J connectivity index is 1.75. The van der Waals surface area contributed by atoms with Crippen molar-refractivity contribution >= 4 is 16.9 Å². The number of aromatic nitrogens is 3. The SMILES string of the molecule is CN[C@H]1CCCN(C(=O)CCc2c(C)nc3c(cnn3C(C)C)c2C)C1. The van der Waals surface area contributed by atoms with E-state index >= 15 is 0 Å². The summed E-state index contributed by atoms with van der Waals surface area (Å²) in [7, 11) is 1.98. The predicted molar refractivity (Wildman–Crippen MR) is 104 cm³/mol. The molecule has 2 aromatic heterocycles. The molecule has 1 fully saturated rings. The number of nitrogens with zero attached hydrogens (tertiary/aromatic N) is 4. The second kappa shape index (κ2) is 7.74. The van der Waals surface area contributed by atoms with Crippen LogP contribution < -0.4 is 5.32 Å². The summed E-state index contributed by atoms with van der Waals surface area (Å²) in [5.74, 6) is 0.252. The Labute approximate surface area is 156 Å². The number of amides is 1. The number of likely N-dealkylation sites (N-methyl/N-ethyl adjacent to an activating group) is 1. The first-order chi connectivity index (χ1) is 12.4. The van der Waals surface area contributed by atoms with Gasteiger partial charge in [0.1, 0.15) is 0 Å². The van der Waals surface area contributed by atoms with Crippen LogP contribution in [0.2, 0.25) is 0 Å². The molecule has 0 saturated carbocycles. The maximum atomic E-state index is 12.7. The van der Waals surface area contributed by atoms with Gasteiger partial charge < -0.3 is 10.2 Å². The highest BCUT2D eigenvalue weighted by molar-refractivity contribution is 5.81. The molecule has 2 aromatic rings. The average molecular weight is 358 g/mol. The Hall–Kier alpha value is -1.95. The molecule has 142 valence electrons. The molecule has 0 bridgehead atoms. The van der Waals surface area contributed by atoms with Gasteiger partial charge in [0.15, 0.2) is 5.65 Å². The van der Waals surface area contributed by atoms with Crippen LogP contribution in [0.5, 0.6) is 0 Å². The van der Waals surface area contributed by atoms with Crippen LogP contribution in [-0.2, 0) is 11.2 Å². The number of nitrogens with one attached hydrogen (secondary N) is 1. The number of piperidine rings is 1. The number of aryl methyl sites for hydroxylation is 2. The Morgan fingerprint density at radius 2 is 2.15 bits per heavy atom. The van der Waals surface area contributed by atoms with Crippen molar-refractivity contribution in [3.63, 3.8) is 0 Å². The van der Waals surface area contributed by atoms with Crippen LogP contribution in [0.15, 0.2) is 6.20 Å². The van der Waals surface area contributed by atoms with Crippen molar-refractivity contribution in [2.75, 3.05) is 20.1 Å². The van der Waals surface area contributed by atoms with E-state index in [9.17, 15) is 4.79 Å². The molecule has 1 saturated heterocycles. The summed E-state index contributed by atoms with van der Waals surface area (Å²) in [5.41, 5.74) is 4.35. The van der Waals surface area contributed by atoms with Crippen molar-refractivity contribution in [1.82, 2.24) is 25.0 Å². The van der Waals surface area contributed by atoms with E-state index in [0.29, 0.717) is 12.5 Å². The maximum absolute atomic E-state index is 12.7. The van der Waals surface area contributed by atoms with Gasteiger partial charge in [-0.1, -0.05) is 0 Å². The zero-order chi connectivity index (χ0) is 18.8. The first-order valence-corrected chi connectivity index (χ1v) is 9.70. The summed E-state index contributed by atoms with van der Waals surface area (Å²) in [6.45, 7) is 10.1. The Kier molecular flexibility index (Phi) is 5.61. The average Bonchev–Trinajstić information content (AvgIpc) is 3.05. The highest BCUT2D eigenvalue weighted by atomic mass is 16.2. The normalized spacial score (nSPS) is 18.1. The molecule has 1 amide bonds. The topological polar surface area (TPSA) is 63.1 Å². The number of pyridine rings is 1. The Morgan fingerprint density at radius 1 is 1.38 bits per heavy atom. The molecule has 0 radical (unpaired) electrons. The minimum absolute atomic E-state index is 0.252. The van der Waals surface area contributed by atoms with Crippen LogP contribution in [0, 0.1) is 13.8 Å². The lowest BCUT2D eigenvalue weighted by Crippen LogP contribution is -2.47. The smallest absolute Gasteiger partial charge is 0.222 e. The fourth-order valence-corrected chi connectivity index (χ4v) is 3.97. The Bertz CT molecular complexity index is 795. The molecule has 6 heteroatoms. The molecule has 3 rings (SSSR count). The van der Waals surface area contributed by atoms with E-state index in [1.807, 2.05) is 29.7 Å². The molecule has 0 unspecified atom stereocenters. The summed E-state index contributed by atoms with van der Waals surface area (Å²) in [6.07, 6.45) is 5.43. The number of hydrogen-bond donors (Lipinski definition) is 1. The number of carbonyl (C=O) groups is 1. The predicted octanol–water partition coefficient (Wildman–Crippen LogP) is 2.77. The third kappa shape index (κ3) is 3.61. The third-order valence-electron chi connectivity index (χ3n) is 5.60. The molecule has 1 N–H and O–H groups in total. The van der Waals surface area contributed by atoms with Gasteiger partial charge in [-0.15, -0.1) is 0 Å². The molecule has 26 heavy (non-hydrogen) atoms. The maximum Gasteiger partial charge on any atom is 0.222 e. The first kappa shape index (κ1) is 18.8. The van der Waals surface area contributed by atoms with Crippen LogP contribution in [0.3, 0.4) is 0 Å². The van der Waals surface area contributed by atoms with Gasteiger partial charge >= 0.3 is 0 Å². The molecule has 6 nitrogen and oxygen atoms in total. The number of fused-ring (bicyclic) bond motifs is 1. The second-order valence-corrected chi connectivity index (χ2v) is 7.69. The number of rotatable bonds is 5. The Morgan fingerprint density at radius 3 is 2.85 bits per heavy atom. The van der Waals surface area contributed by atoms with E-state index in [2.05, 4.69) is 31.2 Å². The fraction of sp³-hybridized carbons (Fsp3) is 0.650. The minimum atomic E-state index is 0.252. The van der Waals surface area contributed by atoms with Gasteiger partial charge in [-0.05, 0) is 65.1 Å². The van der Waals surface area contributed by atoms with Gasteiger partial charge in [-0.3, -0.25) is 4.79 Å². The lowest BCUT2D eigenvalue weighted by molar-refractivity contribution is -0.132. The third-order valence-corrected chi connectivity index (χ3v) is 5.60. The van der Waals surface area contributed by atoms with E-state index in [1.54, 1.807) is 0 Å². The summed E-state index contributed by atoms with van der Waals surface area (Å²) in [4.78, 5) is 19.5. The minimum Gasteiger partial charge on any atom is -0.341 e. The largest absolute Gasteiger partial charge is 0.341 e. The van der Waals surface area contributed by atoms with E-state index in [0.717, 1.165) is 49.1 Å². The van der Waals surface area contributed by atoms with E-state index in [4.69, 9.17) is 4.98 Å². The standard InChI is InChI=1S/C20H31N5O/c1-13(2)25-20-18(11-22-25)14(3)17(15(4)23-20)8-9-19(26)24-10-6-7-16(12-24)21-5/h11,13,16,21H,6-10,12H2,1-5H3/t16-/m0/s1. The molecular formula is C20H31N5O. The van der Waals surface area contributed by atoms with Crippen LogP contribution in [-0.4, -0.2) is 51.8 Å². The van der Waals surface area contributed by atoms with Gasteiger partial charge in [0, 0.05) is 42.7 Å². The lowest BCUT2D eigenvalue weighted by atomic mass is 9.99. The van der Waals surface area contributed by atoms with Crippen LogP contribution in [0.25, 0.3) is 11.0 Å². The van der Waals surface area contributed by atoms with Crippen molar-refractivity contribution in [2.45, 2.75) is 65.5 Å². The molecular weight excluding hydrogens is 326 g/mol. The van der Waals surface area contributed by atoms with Gasteiger partial charge in [-0.25, -0.2) is 9.67 Å². The van der Waals surface area contributed by atoms with Crippen LogP contribution in [0.1, 0.15) is 56.0 Å².